The minimum Gasteiger partial charge on any atom is -0.381 e. The van der Waals surface area contributed by atoms with Crippen molar-refractivity contribution in [3.05, 3.63) is 54.4 Å². The molecular weight excluding hydrogens is 222 g/mol. The first-order valence-electron chi connectivity index (χ1n) is 6.31. The number of benzene rings is 1. The Hall–Kier alpha value is -2.03. The third-order valence-electron chi connectivity index (χ3n) is 2.86. The summed E-state index contributed by atoms with van der Waals surface area (Å²) < 4.78 is 1.72. The van der Waals surface area contributed by atoms with E-state index in [9.17, 15) is 0 Å². The van der Waals surface area contributed by atoms with E-state index in [1.807, 2.05) is 12.4 Å². The zero-order chi connectivity index (χ0) is 12.8. The van der Waals surface area contributed by atoms with Crippen LogP contribution in [0.25, 0.3) is 6.20 Å². The summed E-state index contributed by atoms with van der Waals surface area (Å²) in [6, 6.07) is 8.46. The largest absolute Gasteiger partial charge is 0.381 e. The van der Waals surface area contributed by atoms with Gasteiger partial charge in [0.1, 0.15) is 0 Å². The van der Waals surface area contributed by atoms with Gasteiger partial charge in [-0.1, -0.05) is 38.1 Å². The first-order chi connectivity index (χ1) is 8.83. The average molecular weight is 241 g/mol. The maximum absolute atomic E-state index is 4.16. The number of nitrogens with zero attached hydrogens (tertiary/aromatic N) is 2. The molecule has 0 amide bonds. The maximum atomic E-state index is 4.16. The van der Waals surface area contributed by atoms with E-state index in [1.165, 1.54) is 11.3 Å². The van der Waals surface area contributed by atoms with Crippen LogP contribution in [0.5, 0.6) is 0 Å². The van der Waals surface area contributed by atoms with E-state index in [2.05, 4.69) is 48.2 Å². The van der Waals surface area contributed by atoms with E-state index < -0.39 is 0 Å². The number of aryl methyl sites for hydroxylation is 1. The Morgan fingerprint density at radius 3 is 2.94 bits per heavy atom. The summed E-state index contributed by atoms with van der Waals surface area (Å²) in [4.78, 5) is 0. The summed E-state index contributed by atoms with van der Waals surface area (Å²) in [5, 5.41) is 7.63. The predicted octanol–water partition coefficient (Wildman–Crippen LogP) is 3.55. The number of aromatic nitrogens is 2. The second-order valence-electron chi connectivity index (χ2n) is 4.27. The van der Waals surface area contributed by atoms with Gasteiger partial charge in [-0.05, 0) is 18.1 Å². The van der Waals surface area contributed by atoms with Crippen LogP contribution >= 0.6 is 0 Å². The van der Waals surface area contributed by atoms with Crippen molar-refractivity contribution in [1.29, 1.82) is 0 Å². The summed E-state index contributed by atoms with van der Waals surface area (Å²) in [7, 11) is 0. The van der Waals surface area contributed by atoms with E-state index in [-0.39, 0.29) is 0 Å². The molecule has 1 aromatic carbocycles. The SMILES string of the molecule is C=Cn1cc(CNc2ccccc2CCC)cn1. The molecule has 2 aromatic rings. The molecule has 1 heterocycles. The lowest BCUT2D eigenvalue weighted by Gasteiger charge is -2.10. The standard InChI is InChI=1S/C15H19N3/c1-3-7-14-8-5-6-9-15(14)16-10-13-11-17-18(4-2)12-13/h4-6,8-9,11-12,16H,2-3,7,10H2,1H3. The predicted molar refractivity (Wildman–Crippen MR) is 76.4 cm³/mol. The third-order valence-corrected chi connectivity index (χ3v) is 2.86. The zero-order valence-corrected chi connectivity index (χ0v) is 10.8. The monoisotopic (exact) mass is 241 g/mol. The molecule has 1 N–H and O–H groups in total. The normalized spacial score (nSPS) is 10.3. The Kier molecular flexibility index (Phi) is 4.18. The van der Waals surface area contributed by atoms with Crippen LogP contribution in [0.2, 0.25) is 0 Å². The van der Waals surface area contributed by atoms with Gasteiger partial charge in [0.2, 0.25) is 0 Å². The molecule has 0 aliphatic heterocycles. The molecule has 0 saturated heterocycles. The van der Waals surface area contributed by atoms with Gasteiger partial charge < -0.3 is 5.32 Å². The first kappa shape index (κ1) is 12.4. The third kappa shape index (κ3) is 3.00. The van der Waals surface area contributed by atoms with Crippen molar-refractivity contribution in [2.24, 2.45) is 0 Å². The summed E-state index contributed by atoms with van der Waals surface area (Å²) in [6.07, 6.45) is 7.79. The van der Waals surface area contributed by atoms with Crippen molar-refractivity contribution >= 4 is 11.9 Å². The second kappa shape index (κ2) is 6.05. The van der Waals surface area contributed by atoms with E-state index in [0.29, 0.717) is 0 Å². The molecule has 0 fully saturated rings. The number of anilines is 1. The quantitative estimate of drug-likeness (QED) is 0.838. The Bertz CT molecular complexity index is 514. The highest BCUT2D eigenvalue weighted by Gasteiger charge is 2.01. The van der Waals surface area contributed by atoms with Gasteiger partial charge in [-0.15, -0.1) is 0 Å². The van der Waals surface area contributed by atoms with Gasteiger partial charge in [0.15, 0.2) is 0 Å². The van der Waals surface area contributed by atoms with Crippen molar-refractivity contribution in [3.8, 4) is 0 Å². The average Bonchev–Trinajstić information content (AvgIpc) is 2.86. The number of hydrogen-bond donors (Lipinski definition) is 1. The second-order valence-corrected chi connectivity index (χ2v) is 4.27. The van der Waals surface area contributed by atoms with Gasteiger partial charge in [-0.2, -0.15) is 5.10 Å². The highest BCUT2D eigenvalue weighted by atomic mass is 15.2. The van der Waals surface area contributed by atoms with E-state index in [1.54, 1.807) is 10.9 Å². The lowest BCUT2D eigenvalue weighted by molar-refractivity contribution is 0.919. The number of hydrogen-bond acceptors (Lipinski definition) is 2. The van der Waals surface area contributed by atoms with Crippen molar-refractivity contribution < 1.29 is 0 Å². The van der Waals surface area contributed by atoms with E-state index >= 15 is 0 Å². The number of nitrogens with one attached hydrogen (secondary N) is 1. The van der Waals surface area contributed by atoms with Crippen LogP contribution in [0.1, 0.15) is 24.5 Å². The minimum absolute atomic E-state index is 0.786. The summed E-state index contributed by atoms with van der Waals surface area (Å²) in [6.45, 7) is 6.67. The molecule has 2 rings (SSSR count). The zero-order valence-electron chi connectivity index (χ0n) is 10.8. The lowest BCUT2D eigenvalue weighted by Crippen LogP contribution is -2.01. The molecule has 3 heteroatoms. The van der Waals surface area contributed by atoms with Crippen LogP contribution < -0.4 is 5.32 Å². The first-order valence-corrected chi connectivity index (χ1v) is 6.31. The lowest BCUT2D eigenvalue weighted by atomic mass is 10.1. The van der Waals surface area contributed by atoms with E-state index in [0.717, 1.165) is 24.9 Å². The fourth-order valence-electron chi connectivity index (χ4n) is 1.95. The van der Waals surface area contributed by atoms with Gasteiger partial charge in [-0.25, -0.2) is 4.68 Å². The summed E-state index contributed by atoms with van der Waals surface area (Å²) in [5.74, 6) is 0. The maximum Gasteiger partial charge on any atom is 0.0543 e. The molecule has 1 aromatic heterocycles. The molecule has 0 unspecified atom stereocenters. The van der Waals surface area contributed by atoms with Gasteiger partial charge in [0, 0.05) is 30.2 Å². The van der Waals surface area contributed by atoms with Crippen molar-refractivity contribution in [2.75, 3.05) is 5.32 Å². The molecule has 0 saturated carbocycles. The molecular formula is C15H19N3. The number of para-hydroxylation sites is 1. The van der Waals surface area contributed by atoms with Crippen LogP contribution in [0, 0.1) is 0 Å². The van der Waals surface area contributed by atoms with Gasteiger partial charge in [-0.3, -0.25) is 0 Å². The van der Waals surface area contributed by atoms with Gasteiger partial charge >= 0.3 is 0 Å². The fourth-order valence-corrected chi connectivity index (χ4v) is 1.95. The Labute approximate surface area is 108 Å². The Morgan fingerprint density at radius 2 is 2.22 bits per heavy atom. The fraction of sp³-hybridized carbons (Fsp3) is 0.267. The molecule has 18 heavy (non-hydrogen) atoms. The molecule has 0 radical (unpaired) electrons. The Morgan fingerprint density at radius 1 is 1.39 bits per heavy atom. The van der Waals surface area contributed by atoms with Crippen molar-refractivity contribution in [1.82, 2.24) is 9.78 Å². The van der Waals surface area contributed by atoms with Crippen LogP contribution in [0.15, 0.2) is 43.2 Å². The van der Waals surface area contributed by atoms with Gasteiger partial charge in [0.25, 0.3) is 0 Å². The smallest absolute Gasteiger partial charge is 0.0543 e. The van der Waals surface area contributed by atoms with Crippen molar-refractivity contribution in [2.45, 2.75) is 26.3 Å². The molecule has 0 bridgehead atoms. The molecule has 3 nitrogen and oxygen atoms in total. The molecule has 0 aliphatic rings. The molecule has 0 spiro atoms. The Balaban J connectivity index is 2.03. The van der Waals surface area contributed by atoms with Gasteiger partial charge in [0.05, 0.1) is 6.20 Å². The summed E-state index contributed by atoms with van der Waals surface area (Å²) in [5.41, 5.74) is 3.74. The minimum atomic E-state index is 0.786. The molecule has 0 aliphatic carbocycles. The number of rotatable bonds is 6. The highest BCUT2D eigenvalue weighted by Crippen LogP contribution is 2.17. The van der Waals surface area contributed by atoms with Crippen LogP contribution in [-0.2, 0) is 13.0 Å². The van der Waals surface area contributed by atoms with Crippen LogP contribution in [-0.4, -0.2) is 9.78 Å². The highest BCUT2D eigenvalue weighted by molar-refractivity contribution is 5.51. The van der Waals surface area contributed by atoms with Crippen LogP contribution in [0.3, 0.4) is 0 Å². The van der Waals surface area contributed by atoms with E-state index in [4.69, 9.17) is 0 Å². The van der Waals surface area contributed by atoms with Crippen molar-refractivity contribution in [3.63, 3.8) is 0 Å². The summed E-state index contributed by atoms with van der Waals surface area (Å²) >= 11 is 0. The van der Waals surface area contributed by atoms with Crippen LogP contribution in [0.4, 0.5) is 5.69 Å². The molecule has 94 valence electrons. The molecule has 0 atom stereocenters. The topological polar surface area (TPSA) is 29.9 Å².